The summed E-state index contributed by atoms with van der Waals surface area (Å²) in [5.41, 5.74) is 15.3. The van der Waals surface area contributed by atoms with Gasteiger partial charge in [-0.15, -0.1) is 0 Å². The number of Topliss-reactive ketones (excluding diaryl/α,β-unsaturated/α-hetero) is 2. The number of aromatic nitrogens is 2. The summed E-state index contributed by atoms with van der Waals surface area (Å²) in [5.74, 6) is -0.991. The zero-order chi connectivity index (χ0) is 40.5. The fourth-order valence-electron chi connectivity index (χ4n) is 5.02. The van der Waals surface area contributed by atoms with E-state index < -0.39 is 21.4 Å². The van der Waals surface area contributed by atoms with Gasteiger partial charge in [-0.05, 0) is 84.9 Å². The molecule has 0 bridgehead atoms. The number of carbonyl (C=O) groups excluding carboxylic acids is 2. The third-order valence-electron chi connectivity index (χ3n) is 7.84. The van der Waals surface area contributed by atoms with Crippen LogP contribution in [0, 0.1) is 20.2 Å². The first kappa shape index (κ1) is 41.5. The Morgan fingerprint density at radius 1 is 0.500 bits per heavy atom. The standard InChI is InChI=1S/C20H11Br2N3O2.C14H8Br2O2.C6H7N3O2/c21-14-8-4-12(5-9-14)18-19(13-6-10-15(22)11-7-13)24-20-16(23-18)2-1-3-17(20)25(26)27;15-11-5-1-9(2-6-11)13(17)14(18)10-3-7-12(16)8-4-10;7-4-2-1-3-5(6(4)8)9(10)11/h1-11H;1-8H;1-3H,7-8H2. The summed E-state index contributed by atoms with van der Waals surface area (Å²) >= 11 is 13.4. The highest BCUT2D eigenvalue weighted by molar-refractivity contribution is 9.11. The Balaban J connectivity index is 0.000000178. The molecular formula is C40H26Br4N6O6. The van der Waals surface area contributed by atoms with Crippen molar-refractivity contribution < 1.29 is 19.4 Å². The van der Waals surface area contributed by atoms with Crippen molar-refractivity contribution in [3.05, 3.63) is 183 Å². The van der Waals surface area contributed by atoms with Gasteiger partial charge in [-0.2, -0.15) is 0 Å². The van der Waals surface area contributed by atoms with Gasteiger partial charge in [0.1, 0.15) is 5.69 Å². The number of halogens is 4. The molecule has 0 spiro atoms. The molecule has 0 aliphatic carbocycles. The van der Waals surface area contributed by atoms with Gasteiger partial charge in [0.05, 0.1) is 32.4 Å². The van der Waals surface area contributed by atoms with E-state index in [0.717, 1.165) is 29.0 Å². The van der Waals surface area contributed by atoms with E-state index in [1.807, 2.05) is 48.5 Å². The van der Waals surface area contributed by atoms with Crippen LogP contribution in [0.25, 0.3) is 33.5 Å². The van der Waals surface area contributed by atoms with E-state index in [0.29, 0.717) is 28.0 Å². The molecule has 4 N–H and O–H groups in total. The average molecular weight is 1010 g/mol. The fraction of sp³-hybridized carbons (Fsp3) is 0. The smallest absolute Gasteiger partial charge is 0.297 e. The number of ketones is 2. The number of hydrogen-bond donors (Lipinski definition) is 2. The van der Waals surface area contributed by atoms with Crippen molar-refractivity contribution >= 4 is 109 Å². The van der Waals surface area contributed by atoms with Crippen molar-refractivity contribution in [1.29, 1.82) is 0 Å². The number of nitro benzene ring substituents is 2. The summed E-state index contributed by atoms with van der Waals surface area (Å²) in [6.07, 6.45) is 0. The van der Waals surface area contributed by atoms with Gasteiger partial charge in [-0.25, -0.2) is 9.97 Å². The lowest BCUT2D eigenvalue weighted by Gasteiger charge is -2.11. The molecule has 0 unspecified atom stereocenters. The van der Waals surface area contributed by atoms with Crippen molar-refractivity contribution in [3.63, 3.8) is 0 Å². The predicted octanol–water partition coefficient (Wildman–Crippen LogP) is 11.4. The molecule has 0 saturated carbocycles. The molecule has 7 rings (SSSR count). The Hall–Kier alpha value is -5.68. The van der Waals surface area contributed by atoms with E-state index in [1.165, 1.54) is 24.3 Å². The molecule has 12 nitrogen and oxygen atoms in total. The minimum atomic E-state index is -0.564. The van der Waals surface area contributed by atoms with Crippen LogP contribution in [0.5, 0.6) is 0 Å². The number of para-hydroxylation sites is 2. The zero-order valence-electron chi connectivity index (χ0n) is 28.6. The van der Waals surface area contributed by atoms with Crippen LogP contribution in [0.3, 0.4) is 0 Å². The first-order valence-corrected chi connectivity index (χ1v) is 19.3. The van der Waals surface area contributed by atoms with Crippen LogP contribution >= 0.6 is 63.7 Å². The molecule has 280 valence electrons. The number of nitrogens with two attached hydrogens (primary N) is 2. The number of hydrogen-bond acceptors (Lipinski definition) is 10. The molecule has 6 aromatic carbocycles. The number of nitro groups is 2. The maximum atomic E-state index is 12.0. The normalized spacial score (nSPS) is 10.4. The predicted molar refractivity (Wildman–Crippen MR) is 231 cm³/mol. The number of rotatable bonds is 7. The van der Waals surface area contributed by atoms with Gasteiger partial charge in [0, 0.05) is 52.3 Å². The van der Waals surface area contributed by atoms with Crippen LogP contribution in [-0.2, 0) is 0 Å². The zero-order valence-corrected chi connectivity index (χ0v) is 35.0. The van der Waals surface area contributed by atoms with Gasteiger partial charge >= 0.3 is 0 Å². The molecule has 0 radical (unpaired) electrons. The highest BCUT2D eigenvalue weighted by Crippen LogP contribution is 2.34. The Labute approximate surface area is 352 Å². The lowest BCUT2D eigenvalue weighted by Crippen LogP contribution is -2.14. The van der Waals surface area contributed by atoms with Crippen LogP contribution in [0.2, 0.25) is 0 Å². The Morgan fingerprint density at radius 2 is 0.875 bits per heavy atom. The molecule has 0 aliphatic rings. The molecule has 16 heteroatoms. The average Bonchev–Trinajstić information content (AvgIpc) is 3.19. The molecule has 1 heterocycles. The second-order valence-electron chi connectivity index (χ2n) is 11.5. The van der Waals surface area contributed by atoms with Gasteiger partial charge in [-0.1, -0.05) is 100 Å². The highest BCUT2D eigenvalue weighted by Gasteiger charge is 2.20. The maximum absolute atomic E-state index is 12.0. The Morgan fingerprint density at radius 3 is 1.29 bits per heavy atom. The molecule has 0 fully saturated rings. The number of benzene rings is 6. The van der Waals surface area contributed by atoms with Crippen molar-refractivity contribution in [2.24, 2.45) is 0 Å². The summed E-state index contributed by atoms with van der Waals surface area (Å²) in [6.45, 7) is 0. The van der Waals surface area contributed by atoms with E-state index >= 15 is 0 Å². The summed E-state index contributed by atoms with van der Waals surface area (Å²) in [4.78, 5) is 54.0. The molecule has 1 aromatic heterocycles. The van der Waals surface area contributed by atoms with Crippen LogP contribution in [0.15, 0.2) is 151 Å². The topological polar surface area (TPSA) is 198 Å². The van der Waals surface area contributed by atoms with E-state index in [1.54, 1.807) is 60.7 Å². The minimum Gasteiger partial charge on any atom is -0.397 e. The molecule has 0 saturated heterocycles. The Kier molecular flexibility index (Phi) is 13.9. The maximum Gasteiger partial charge on any atom is 0.297 e. The van der Waals surface area contributed by atoms with Gasteiger partial charge in [0.15, 0.2) is 5.52 Å². The third-order valence-corrected chi connectivity index (χ3v) is 9.95. The van der Waals surface area contributed by atoms with Crippen molar-refractivity contribution in [2.45, 2.75) is 0 Å². The lowest BCUT2D eigenvalue weighted by molar-refractivity contribution is -0.383. The van der Waals surface area contributed by atoms with Crippen molar-refractivity contribution in [2.75, 3.05) is 11.5 Å². The fourth-order valence-corrected chi connectivity index (χ4v) is 6.08. The minimum absolute atomic E-state index is 0.0255. The number of anilines is 2. The largest absolute Gasteiger partial charge is 0.397 e. The van der Waals surface area contributed by atoms with Crippen LogP contribution in [-0.4, -0.2) is 31.4 Å². The second kappa shape index (κ2) is 18.8. The van der Waals surface area contributed by atoms with Gasteiger partial charge in [-0.3, -0.25) is 29.8 Å². The summed E-state index contributed by atoms with van der Waals surface area (Å²) in [5, 5.41) is 21.7. The van der Waals surface area contributed by atoms with Crippen LogP contribution in [0.4, 0.5) is 22.7 Å². The van der Waals surface area contributed by atoms with E-state index in [-0.39, 0.29) is 28.3 Å². The number of nitrogens with zero attached hydrogens (tertiary/aromatic N) is 4. The molecular weight excluding hydrogens is 980 g/mol. The van der Waals surface area contributed by atoms with E-state index in [2.05, 4.69) is 68.7 Å². The van der Waals surface area contributed by atoms with Crippen molar-refractivity contribution in [3.8, 4) is 22.5 Å². The number of carbonyl (C=O) groups is 2. The van der Waals surface area contributed by atoms with Crippen LogP contribution < -0.4 is 11.5 Å². The number of non-ortho nitro benzene ring substituents is 1. The first-order valence-electron chi connectivity index (χ1n) is 16.1. The quantitative estimate of drug-likeness (QED) is 0.0509. The lowest BCUT2D eigenvalue weighted by atomic mass is 10.0. The highest BCUT2D eigenvalue weighted by atomic mass is 79.9. The first-order chi connectivity index (χ1) is 26.7. The molecule has 0 atom stereocenters. The van der Waals surface area contributed by atoms with Gasteiger partial charge in [0.2, 0.25) is 11.6 Å². The monoisotopic (exact) mass is 1000 g/mol. The van der Waals surface area contributed by atoms with Gasteiger partial charge in [0.25, 0.3) is 11.4 Å². The van der Waals surface area contributed by atoms with Crippen LogP contribution in [0.1, 0.15) is 20.7 Å². The number of nitrogen functional groups attached to an aromatic ring is 2. The molecule has 56 heavy (non-hydrogen) atoms. The molecule has 0 amide bonds. The molecule has 7 aromatic rings. The number of fused-ring (bicyclic) bond motifs is 1. The molecule has 0 aliphatic heterocycles. The summed E-state index contributed by atoms with van der Waals surface area (Å²) < 4.78 is 3.64. The second-order valence-corrected chi connectivity index (χ2v) is 15.2. The van der Waals surface area contributed by atoms with Crippen molar-refractivity contribution in [1.82, 2.24) is 9.97 Å². The van der Waals surface area contributed by atoms with E-state index in [9.17, 15) is 29.8 Å². The summed E-state index contributed by atoms with van der Waals surface area (Å²) in [6, 6.07) is 38.0. The van der Waals surface area contributed by atoms with Gasteiger partial charge < -0.3 is 11.5 Å². The Bertz CT molecular complexity index is 2520. The van der Waals surface area contributed by atoms with E-state index in [4.69, 9.17) is 16.5 Å². The summed E-state index contributed by atoms with van der Waals surface area (Å²) in [7, 11) is 0. The SMILES string of the molecule is Nc1cccc([N+](=O)[O-])c1N.O=C(C(=O)c1ccc(Br)cc1)c1ccc(Br)cc1.O=[N+]([O-])c1cccc2nc(-c3ccc(Br)cc3)c(-c3ccc(Br)cc3)nc12. The third kappa shape index (κ3) is 10.3.